The molecule has 3 rings (SSSR count). The van der Waals surface area contributed by atoms with Gasteiger partial charge in [0, 0.05) is 25.1 Å². The van der Waals surface area contributed by atoms with E-state index in [0.717, 1.165) is 5.69 Å². The van der Waals surface area contributed by atoms with Crippen LogP contribution in [-0.4, -0.2) is 22.4 Å². The number of anilines is 1. The molecular formula is C20H21N3O2. The molecule has 3 aromatic rings. The highest BCUT2D eigenvalue weighted by molar-refractivity contribution is 5.93. The van der Waals surface area contributed by atoms with Crippen molar-refractivity contribution in [3.63, 3.8) is 0 Å². The molecule has 0 aliphatic heterocycles. The summed E-state index contributed by atoms with van der Waals surface area (Å²) < 4.78 is 0. The van der Waals surface area contributed by atoms with E-state index >= 15 is 0 Å². The molecule has 1 aromatic heterocycles. The van der Waals surface area contributed by atoms with Crippen molar-refractivity contribution in [2.45, 2.75) is 26.2 Å². The molecule has 5 nitrogen and oxygen atoms in total. The molecule has 0 saturated carbocycles. The van der Waals surface area contributed by atoms with Gasteiger partial charge in [0.25, 0.3) is 5.56 Å². The molecule has 25 heavy (non-hydrogen) atoms. The number of aromatic nitrogens is 2. The van der Waals surface area contributed by atoms with Crippen LogP contribution in [0.1, 0.15) is 25.6 Å². The number of rotatable bonds is 6. The molecule has 0 fully saturated rings. The smallest absolute Gasteiger partial charge is 0.258 e. The zero-order chi connectivity index (χ0) is 17.6. The standard InChI is InChI=1S/C20H21N3O2/c1-2-23(15-9-4-3-5-10-15)19(24)14-8-13-18-21-17-12-7-6-11-16(17)20(25)22-18/h3-7,9-12H,2,8,13-14H2,1H3,(H,21,22,25). The van der Waals surface area contributed by atoms with Crippen molar-refractivity contribution in [3.05, 3.63) is 70.8 Å². The summed E-state index contributed by atoms with van der Waals surface area (Å²) >= 11 is 0. The van der Waals surface area contributed by atoms with E-state index in [0.29, 0.717) is 42.5 Å². The lowest BCUT2D eigenvalue weighted by molar-refractivity contribution is -0.118. The van der Waals surface area contributed by atoms with E-state index in [-0.39, 0.29) is 11.5 Å². The van der Waals surface area contributed by atoms with Crippen molar-refractivity contribution >= 4 is 22.5 Å². The van der Waals surface area contributed by atoms with Gasteiger partial charge in [0.2, 0.25) is 5.91 Å². The number of carbonyl (C=O) groups excluding carboxylic acids is 1. The van der Waals surface area contributed by atoms with Crippen LogP contribution in [0.2, 0.25) is 0 Å². The van der Waals surface area contributed by atoms with Crippen LogP contribution in [0.25, 0.3) is 10.9 Å². The fourth-order valence-electron chi connectivity index (χ4n) is 2.91. The van der Waals surface area contributed by atoms with Gasteiger partial charge in [-0.1, -0.05) is 30.3 Å². The fourth-order valence-corrected chi connectivity index (χ4v) is 2.91. The minimum absolute atomic E-state index is 0.0804. The first-order chi connectivity index (χ1) is 12.2. The number of aryl methyl sites for hydroxylation is 1. The second-order valence-electron chi connectivity index (χ2n) is 5.86. The average Bonchev–Trinajstić information content (AvgIpc) is 2.63. The molecule has 5 heteroatoms. The number of hydrogen-bond donors (Lipinski definition) is 1. The van der Waals surface area contributed by atoms with Gasteiger partial charge in [-0.2, -0.15) is 0 Å². The first-order valence-electron chi connectivity index (χ1n) is 8.52. The van der Waals surface area contributed by atoms with Crippen molar-refractivity contribution in [1.82, 2.24) is 9.97 Å². The van der Waals surface area contributed by atoms with Crippen molar-refractivity contribution in [1.29, 1.82) is 0 Å². The largest absolute Gasteiger partial charge is 0.313 e. The molecule has 1 amide bonds. The molecule has 128 valence electrons. The Morgan fingerprint density at radius 1 is 1.08 bits per heavy atom. The van der Waals surface area contributed by atoms with E-state index in [2.05, 4.69) is 9.97 Å². The van der Waals surface area contributed by atoms with Gasteiger partial charge in [-0.15, -0.1) is 0 Å². The van der Waals surface area contributed by atoms with Crippen LogP contribution in [0.15, 0.2) is 59.4 Å². The first kappa shape index (κ1) is 16.9. The number of aromatic amines is 1. The maximum atomic E-state index is 12.5. The average molecular weight is 335 g/mol. The topological polar surface area (TPSA) is 66.1 Å². The summed E-state index contributed by atoms with van der Waals surface area (Å²) in [5, 5.41) is 0.587. The van der Waals surface area contributed by atoms with Gasteiger partial charge in [0.15, 0.2) is 0 Å². The Hall–Kier alpha value is -2.95. The van der Waals surface area contributed by atoms with Crippen LogP contribution in [-0.2, 0) is 11.2 Å². The molecule has 2 aromatic carbocycles. The second-order valence-corrected chi connectivity index (χ2v) is 5.86. The third-order valence-electron chi connectivity index (χ3n) is 4.15. The van der Waals surface area contributed by atoms with Gasteiger partial charge in [-0.25, -0.2) is 4.98 Å². The number of benzene rings is 2. The number of carbonyl (C=O) groups is 1. The zero-order valence-corrected chi connectivity index (χ0v) is 14.2. The molecule has 0 bridgehead atoms. The molecule has 0 saturated heterocycles. The fraction of sp³-hybridized carbons (Fsp3) is 0.250. The third kappa shape index (κ3) is 3.94. The minimum atomic E-state index is -0.133. The molecule has 1 heterocycles. The van der Waals surface area contributed by atoms with Crippen molar-refractivity contribution in [3.8, 4) is 0 Å². The van der Waals surface area contributed by atoms with Crippen LogP contribution < -0.4 is 10.5 Å². The molecule has 0 unspecified atom stereocenters. The maximum absolute atomic E-state index is 12.5. The van der Waals surface area contributed by atoms with Gasteiger partial charge < -0.3 is 9.88 Å². The van der Waals surface area contributed by atoms with Crippen LogP contribution in [0.5, 0.6) is 0 Å². The molecule has 0 radical (unpaired) electrons. The SMILES string of the molecule is CCN(C(=O)CCCc1nc2ccccc2c(=O)[nH]1)c1ccccc1. The first-order valence-corrected chi connectivity index (χ1v) is 8.52. The Morgan fingerprint density at radius 2 is 1.80 bits per heavy atom. The van der Waals surface area contributed by atoms with Gasteiger partial charge in [-0.3, -0.25) is 9.59 Å². The number of nitrogens with zero attached hydrogens (tertiary/aromatic N) is 2. The lowest BCUT2D eigenvalue weighted by atomic mass is 10.2. The molecular weight excluding hydrogens is 314 g/mol. The number of amides is 1. The monoisotopic (exact) mass is 335 g/mol. The van der Waals surface area contributed by atoms with E-state index in [1.807, 2.05) is 55.5 Å². The molecule has 0 aliphatic carbocycles. The van der Waals surface area contributed by atoms with Gasteiger partial charge in [0.1, 0.15) is 5.82 Å². The number of H-pyrrole nitrogens is 1. The summed E-state index contributed by atoms with van der Waals surface area (Å²) in [6.45, 7) is 2.60. The Kier molecular flexibility index (Phi) is 5.23. The van der Waals surface area contributed by atoms with E-state index in [1.54, 1.807) is 11.0 Å². The highest BCUT2D eigenvalue weighted by atomic mass is 16.2. The van der Waals surface area contributed by atoms with Crippen molar-refractivity contribution in [2.75, 3.05) is 11.4 Å². The Morgan fingerprint density at radius 3 is 2.56 bits per heavy atom. The Labute approximate surface area is 146 Å². The van der Waals surface area contributed by atoms with E-state index in [9.17, 15) is 9.59 Å². The summed E-state index contributed by atoms with van der Waals surface area (Å²) in [7, 11) is 0. The van der Waals surface area contributed by atoms with Gasteiger partial charge >= 0.3 is 0 Å². The highest BCUT2D eigenvalue weighted by Crippen LogP contribution is 2.15. The summed E-state index contributed by atoms with van der Waals surface area (Å²) in [5.41, 5.74) is 1.46. The predicted octanol–water partition coefficient (Wildman–Crippen LogP) is 3.30. The molecule has 0 spiro atoms. The molecule has 1 N–H and O–H groups in total. The van der Waals surface area contributed by atoms with Crippen molar-refractivity contribution < 1.29 is 4.79 Å². The summed E-state index contributed by atoms with van der Waals surface area (Å²) in [6.07, 6.45) is 1.63. The second kappa shape index (κ2) is 7.75. The van der Waals surface area contributed by atoms with Crippen molar-refractivity contribution in [2.24, 2.45) is 0 Å². The summed E-state index contributed by atoms with van der Waals surface area (Å²) in [6, 6.07) is 16.9. The third-order valence-corrected chi connectivity index (χ3v) is 4.15. The number of para-hydroxylation sites is 2. The van der Waals surface area contributed by atoms with Crippen LogP contribution in [0.3, 0.4) is 0 Å². The number of nitrogens with one attached hydrogen (secondary N) is 1. The zero-order valence-electron chi connectivity index (χ0n) is 14.2. The normalized spacial score (nSPS) is 10.8. The highest BCUT2D eigenvalue weighted by Gasteiger charge is 2.13. The number of hydrogen-bond acceptors (Lipinski definition) is 3. The van der Waals surface area contributed by atoms with Gasteiger partial charge in [0.05, 0.1) is 10.9 Å². The van der Waals surface area contributed by atoms with E-state index in [1.165, 1.54) is 0 Å². The quantitative estimate of drug-likeness (QED) is 0.751. The maximum Gasteiger partial charge on any atom is 0.258 e. The van der Waals surface area contributed by atoms with Crippen LogP contribution in [0, 0.1) is 0 Å². The van der Waals surface area contributed by atoms with E-state index < -0.39 is 0 Å². The van der Waals surface area contributed by atoms with Crippen LogP contribution in [0.4, 0.5) is 5.69 Å². The Bertz CT molecular complexity index is 919. The minimum Gasteiger partial charge on any atom is -0.313 e. The molecule has 0 atom stereocenters. The lowest BCUT2D eigenvalue weighted by Crippen LogP contribution is -2.30. The van der Waals surface area contributed by atoms with E-state index in [4.69, 9.17) is 0 Å². The summed E-state index contributed by atoms with van der Waals surface area (Å²) in [4.78, 5) is 33.6. The lowest BCUT2D eigenvalue weighted by Gasteiger charge is -2.20. The molecule has 0 aliphatic rings. The predicted molar refractivity (Wildman–Crippen MR) is 99.8 cm³/mol. The van der Waals surface area contributed by atoms with Crippen LogP contribution >= 0.6 is 0 Å². The summed E-state index contributed by atoms with van der Waals surface area (Å²) in [5.74, 6) is 0.705. The van der Waals surface area contributed by atoms with Gasteiger partial charge in [-0.05, 0) is 37.6 Å². The number of fused-ring (bicyclic) bond motifs is 1. The Balaban J connectivity index is 1.64.